The van der Waals surface area contributed by atoms with E-state index in [1.807, 2.05) is 31.2 Å². The summed E-state index contributed by atoms with van der Waals surface area (Å²) in [5, 5.41) is 6.54. The highest BCUT2D eigenvalue weighted by molar-refractivity contribution is 6.30. The van der Waals surface area contributed by atoms with E-state index in [0.717, 1.165) is 5.56 Å². The summed E-state index contributed by atoms with van der Waals surface area (Å²) in [6, 6.07) is 7.42. The van der Waals surface area contributed by atoms with Gasteiger partial charge in [0.1, 0.15) is 0 Å². The highest BCUT2D eigenvalue weighted by atomic mass is 35.5. The van der Waals surface area contributed by atoms with Crippen LogP contribution in [0.4, 0.5) is 0 Å². The Morgan fingerprint density at radius 1 is 1.47 bits per heavy atom. The van der Waals surface area contributed by atoms with Gasteiger partial charge in [0.2, 0.25) is 5.91 Å². The van der Waals surface area contributed by atoms with Gasteiger partial charge < -0.3 is 10.6 Å². The Hall–Kier alpha value is -1.32. The van der Waals surface area contributed by atoms with Crippen LogP contribution in [0.3, 0.4) is 0 Å². The van der Waals surface area contributed by atoms with E-state index in [0.29, 0.717) is 18.1 Å². The Balaban J connectivity index is 2.42. The Bertz CT molecular complexity index is 376. The molecular weight excluding hydrogens is 236 g/mol. The number of nitrogens with one attached hydrogen (secondary N) is 2. The van der Waals surface area contributed by atoms with Gasteiger partial charge in [0.05, 0.1) is 12.6 Å². The Morgan fingerprint density at radius 3 is 2.71 bits per heavy atom. The largest absolute Gasteiger partial charge is 0.348 e. The van der Waals surface area contributed by atoms with Crippen molar-refractivity contribution < 1.29 is 4.79 Å². The smallest absolute Gasteiger partial charge is 0.234 e. The first-order chi connectivity index (χ1) is 8.13. The molecule has 4 heteroatoms. The fraction of sp³-hybridized carbons (Fsp3) is 0.308. The van der Waals surface area contributed by atoms with Crippen LogP contribution >= 0.6 is 11.6 Å². The van der Waals surface area contributed by atoms with Crippen molar-refractivity contribution in [2.24, 2.45) is 0 Å². The Labute approximate surface area is 107 Å². The maximum Gasteiger partial charge on any atom is 0.234 e. The van der Waals surface area contributed by atoms with Crippen molar-refractivity contribution in [2.75, 3.05) is 13.1 Å². The molecule has 92 valence electrons. The zero-order valence-electron chi connectivity index (χ0n) is 9.87. The van der Waals surface area contributed by atoms with E-state index >= 15 is 0 Å². The minimum atomic E-state index is -0.0331. The molecule has 2 N–H and O–H groups in total. The van der Waals surface area contributed by atoms with Gasteiger partial charge in [-0.25, -0.2) is 0 Å². The summed E-state index contributed by atoms with van der Waals surface area (Å²) in [5.41, 5.74) is 1.03. The summed E-state index contributed by atoms with van der Waals surface area (Å²) in [6.45, 7) is 6.43. The second kappa shape index (κ2) is 7.09. The van der Waals surface area contributed by atoms with Crippen LogP contribution in [0.25, 0.3) is 0 Å². The molecule has 0 aromatic heterocycles. The summed E-state index contributed by atoms with van der Waals surface area (Å²) in [6.07, 6.45) is 1.72. The zero-order chi connectivity index (χ0) is 12.7. The van der Waals surface area contributed by atoms with Crippen LogP contribution in [0, 0.1) is 0 Å². The maximum absolute atomic E-state index is 11.5. The van der Waals surface area contributed by atoms with E-state index < -0.39 is 0 Å². The molecule has 1 atom stereocenters. The van der Waals surface area contributed by atoms with E-state index in [1.165, 1.54) is 0 Å². The number of halogens is 1. The topological polar surface area (TPSA) is 41.1 Å². The maximum atomic E-state index is 11.5. The molecule has 0 aliphatic rings. The lowest BCUT2D eigenvalue weighted by molar-refractivity contribution is -0.120. The molecule has 0 saturated carbocycles. The first-order valence-electron chi connectivity index (χ1n) is 5.50. The minimum Gasteiger partial charge on any atom is -0.348 e. The number of hydrogen-bond donors (Lipinski definition) is 2. The van der Waals surface area contributed by atoms with Crippen molar-refractivity contribution in [3.05, 3.63) is 47.5 Å². The van der Waals surface area contributed by atoms with E-state index in [1.54, 1.807) is 6.08 Å². The molecule has 0 radical (unpaired) electrons. The highest BCUT2D eigenvalue weighted by Crippen LogP contribution is 2.15. The van der Waals surface area contributed by atoms with Crippen LogP contribution in [0.15, 0.2) is 36.9 Å². The van der Waals surface area contributed by atoms with Crippen LogP contribution in [0.2, 0.25) is 5.02 Å². The van der Waals surface area contributed by atoms with Crippen LogP contribution < -0.4 is 10.6 Å². The predicted octanol–water partition coefficient (Wildman–Crippen LogP) is 2.29. The molecule has 0 bridgehead atoms. The van der Waals surface area contributed by atoms with Crippen molar-refractivity contribution >= 4 is 17.5 Å². The number of hydrogen-bond acceptors (Lipinski definition) is 2. The monoisotopic (exact) mass is 252 g/mol. The molecule has 0 fully saturated rings. The zero-order valence-corrected chi connectivity index (χ0v) is 10.6. The Kier molecular flexibility index (Phi) is 5.73. The highest BCUT2D eigenvalue weighted by Gasteiger charge is 2.08. The van der Waals surface area contributed by atoms with E-state index in [9.17, 15) is 4.79 Å². The quantitative estimate of drug-likeness (QED) is 0.603. The summed E-state index contributed by atoms with van der Waals surface area (Å²) in [4.78, 5) is 11.5. The molecule has 0 heterocycles. The lowest BCUT2D eigenvalue weighted by atomic mass is 10.1. The fourth-order valence-electron chi connectivity index (χ4n) is 1.42. The van der Waals surface area contributed by atoms with Crippen molar-refractivity contribution in [1.82, 2.24) is 10.6 Å². The number of rotatable bonds is 6. The van der Waals surface area contributed by atoms with E-state index in [2.05, 4.69) is 17.2 Å². The molecule has 0 spiro atoms. The van der Waals surface area contributed by atoms with Gasteiger partial charge in [0.25, 0.3) is 0 Å². The van der Waals surface area contributed by atoms with Gasteiger partial charge >= 0.3 is 0 Å². The summed E-state index contributed by atoms with van der Waals surface area (Å²) in [7, 11) is 0. The van der Waals surface area contributed by atoms with Gasteiger partial charge in [0.15, 0.2) is 0 Å². The number of carbonyl (C=O) groups excluding carboxylic acids is 1. The van der Waals surface area contributed by atoms with Crippen molar-refractivity contribution in [2.45, 2.75) is 13.0 Å². The molecule has 1 aromatic carbocycles. The lowest BCUT2D eigenvalue weighted by Crippen LogP contribution is -2.35. The number of carbonyl (C=O) groups is 1. The van der Waals surface area contributed by atoms with Crippen molar-refractivity contribution in [3.63, 3.8) is 0 Å². The lowest BCUT2D eigenvalue weighted by Gasteiger charge is -2.14. The van der Waals surface area contributed by atoms with Gasteiger partial charge in [-0.2, -0.15) is 0 Å². The second-order valence-corrected chi connectivity index (χ2v) is 4.20. The molecule has 3 nitrogen and oxygen atoms in total. The third-order valence-electron chi connectivity index (χ3n) is 2.32. The predicted molar refractivity (Wildman–Crippen MR) is 71.1 cm³/mol. The molecule has 0 unspecified atom stereocenters. The molecule has 1 amide bonds. The van der Waals surface area contributed by atoms with Crippen molar-refractivity contribution in [1.29, 1.82) is 0 Å². The molecular formula is C13H17ClN2O. The van der Waals surface area contributed by atoms with Gasteiger partial charge in [0, 0.05) is 11.6 Å². The standard InChI is InChI=1S/C13H17ClN2O/c1-3-8-15-9-13(17)16-10(2)11-4-6-12(14)7-5-11/h3-7,10,15H,1,8-9H2,2H3,(H,16,17)/t10-/m1/s1. The Morgan fingerprint density at radius 2 is 2.12 bits per heavy atom. The minimum absolute atomic E-state index is 0.0229. The number of amides is 1. The van der Waals surface area contributed by atoms with Crippen LogP contribution in [-0.4, -0.2) is 19.0 Å². The van der Waals surface area contributed by atoms with E-state index in [-0.39, 0.29) is 11.9 Å². The van der Waals surface area contributed by atoms with Crippen molar-refractivity contribution in [3.8, 4) is 0 Å². The third kappa shape index (κ3) is 5.02. The van der Waals surface area contributed by atoms with Crippen LogP contribution in [0.1, 0.15) is 18.5 Å². The van der Waals surface area contributed by atoms with Gasteiger partial charge in [-0.05, 0) is 24.6 Å². The third-order valence-corrected chi connectivity index (χ3v) is 2.57. The average Bonchev–Trinajstić information content (AvgIpc) is 2.30. The first-order valence-corrected chi connectivity index (χ1v) is 5.87. The molecule has 1 aromatic rings. The SMILES string of the molecule is C=CCNCC(=O)N[C@H](C)c1ccc(Cl)cc1. The average molecular weight is 253 g/mol. The normalized spacial score (nSPS) is 11.9. The molecule has 0 aliphatic heterocycles. The molecule has 0 aliphatic carbocycles. The fourth-order valence-corrected chi connectivity index (χ4v) is 1.54. The van der Waals surface area contributed by atoms with Crippen LogP contribution in [0.5, 0.6) is 0 Å². The number of benzene rings is 1. The second-order valence-electron chi connectivity index (χ2n) is 3.76. The summed E-state index contributed by atoms with van der Waals surface area (Å²) in [5.74, 6) is -0.0331. The van der Waals surface area contributed by atoms with Gasteiger partial charge in [-0.3, -0.25) is 4.79 Å². The van der Waals surface area contributed by atoms with Gasteiger partial charge in [-0.15, -0.1) is 6.58 Å². The first kappa shape index (κ1) is 13.7. The molecule has 17 heavy (non-hydrogen) atoms. The summed E-state index contributed by atoms with van der Waals surface area (Å²) < 4.78 is 0. The molecule has 1 rings (SSSR count). The van der Waals surface area contributed by atoms with Gasteiger partial charge in [-0.1, -0.05) is 29.8 Å². The van der Waals surface area contributed by atoms with E-state index in [4.69, 9.17) is 11.6 Å². The molecule has 0 saturated heterocycles. The summed E-state index contributed by atoms with van der Waals surface area (Å²) >= 11 is 5.80. The van der Waals surface area contributed by atoms with Crippen LogP contribution in [-0.2, 0) is 4.79 Å².